The van der Waals surface area contributed by atoms with Gasteiger partial charge >= 0.3 is 5.69 Å². The van der Waals surface area contributed by atoms with Gasteiger partial charge in [0.25, 0.3) is 0 Å². The van der Waals surface area contributed by atoms with Gasteiger partial charge < -0.3 is 9.47 Å². The molecule has 3 rings (SSSR count). The third-order valence-corrected chi connectivity index (χ3v) is 4.07. The summed E-state index contributed by atoms with van der Waals surface area (Å²) in [5.74, 6) is 0.909. The van der Waals surface area contributed by atoms with Gasteiger partial charge in [0.05, 0.1) is 9.95 Å². The van der Waals surface area contributed by atoms with Gasteiger partial charge in [-0.1, -0.05) is 46.9 Å². The van der Waals surface area contributed by atoms with Crippen LogP contribution in [0.3, 0.4) is 0 Å². The van der Waals surface area contributed by atoms with Gasteiger partial charge in [-0.05, 0) is 36.4 Å². The van der Waals surface area contributed by atoms with Crippen molar-refractivity contribution in [3.05, 3.63) is 85.8 Å². The van der Waals surface area contributed by atoms with Crippen LogP contribution in [-0.2, 0) is 0 Å². The molecule has 0 aliphatic rings. The summed E-state index contributed by atoms with van der Waals surface area (Å²) in [6.45, 7) is 0. The third-order valence-electron chi connectivity index (χ3n) is 3.30. The highest BCUT2D eigenvalue weighted by molar-refractivity contribution is 6.35. The Balaban J connectivity index is 1.98. The second-order valence-corrected chi connectivity index (χ2v) is 6.37. The predicted molar refractivity (Wildman–Crippen MR) is 101 cm³/mol. The van der Waals surface area contributed by atoms with Crippen LogP contribution in [0.25, 0.3) is 0 Å². The lowest BCUT2D eigenvalue weighted by Gasteiger charge is -2.13. The lowest BCUT2D eigenvalue weighted by atomic mass is 10.2. The van der Waals surface area contributed by atoms with Crippen LogP contribution < -0.4 is 9.47 Å². The topological polar surface area (TPSA) is 61.6 Å². The van der Waals surface area contributed by atoms with Gasteiger partial charge in [0.2, 0.25) is 5.75 Å². The molecule has 26 heavy (non-hydrogen) atoms. The molecular weight excluding hydrogens is 401 g/mol. The zero-order chi connectivity index (χ0) is 18.7. The highest BCUT2D eigenvalue weighted by Gasteiger charge is 2.17. The van der Waals surface area contributed by atoms with Crippen molar-refractivity contribution in [2.45, 2.75) is 0 Å². The maximum Gasteiger partial charge on any atom is 0.311 e. The van der Waals surface area contributed by atoms with E-state index in [1.165, 1.54) is 24.3 Å². The lowest BCUT2D eigenvalue weighted by molar-refractivity contribution is -0.385. The molecule has 0 radical (unpaired) electrons. The van der Waals surface area contributed by atoms with E-state index in [4.69, 9.17) is 44.3 Å². The molecular formula is C18H10Cl3NO4. The van der Waals surface area contributed by atoms with Gasteiger partial charge in [-0.25, -0.2) is 0 Å². The van der Waals surface area contributed by atoms with E-state index >= 15 is 0 Å². The first-order valence-electron chi connectivity index (χ1n) is 7.28. The molecule has 0 heterocycles. The lowest BCUT2D eigenvalue weighted by Crippen LogP contribution is -1.95. The average molecular weight is 411 g/mol. The molecule has 0 N–H and O–H groups in total. The summed E-state index contributed by atoms with van der Waals surface area (Å²) in [5, 5.41) is 12.3. The first kappa shape index (κ1) is 18.3. The monoisotopic (exact) mass is 409 g/mol. The SMILES string of the molecule is O=[N+]([O-])c1ccccc1Oc1cc(Cl)ccc1Oc1ccc(Cl)cc1Cl. The fourth-order valence-corrected chi connectivity index (χ4v) is 2.74. The molecule has 0 saturated carbocycles. The van der Waals surface area contributed by atoms with Crippen molar-refractivity contribution in [3.63, 3.8) is 0 Å². The summed E-state index contributed by atoms with van der Waals surface area (Å²) < 4.78 is 11.5. The summed E-state index contributed by atoms with van der Waals surface area (Å²) in [6.07, 6.45) is 0. The molecule has 0 bridgehead atoms. The summed E-state index contributed by atoms with van der Waals surface area (Å²) in [6, 6.07) is 15.5. The molecule has 0 amide bonds. The van der Waals surface area contributed by atoms with E-state index in [-0.39, 0.29) is 22.9 Å². The second kappa shape index (κ2) is 7.83. The molecule has 0 aliphatic carbocycles. The van der Waals surface area contributed by atoms with Crippen molar-refractivity contribution in [3.8, 4) is 23.0 Å². The Labute approximate surface area is 163 Å². The van der Waals surface area contributed by atoms with Crippen LogP contribution in [0.1, 0.15) is 0 Å². The fraction of sp³-hybridized carbons (Fsp3) is 0. The highest BCUT2D eigenvalue weighted by atomic mass is 35.5. The smallest absolute Gasteiger partial charge is 0.311 e. The minimum Gasteiger partial charge on any atom is -0.452 e. The van der Waals surface area contributed by atoms with E-state index in [9.17, 15) is 10.1 Å². The van der Waals surface area contributed by atoms with Crippen molar-refractivity contribution in [2.75, 3.05) is 0 Å². The maximum atomic E-state index is 11.2. The number of para-hydroxylation sites is 2. The molecule has 5 nitrogen and oxygen atoms in total. The molecule has 3 aromatic carbocycles. The number of nitrogens with zero attached hydrogens (tertiary/aromatic N) is 1. The summed E-state index contributed by atoms with van der Waals surface area (Å²) in [7, 11) is 0. The number of hydrogen-bond acceptors (Lipinski definition) is 4. The van der Waals surface area contributed by atoms with Crippen LogP contribution in [0.5, 0.6) is 23.0 Å². The predicted octanol–water partition coefficient (Wildman–Crippen LogP) is 7.14. The first-order chi connectivity index (χ1) is 12.4. The normalized spacial score (nSPS) is 10.4. The molecule has 0 saturated heterocycles. The average Bonchev–Trinajstić information content (AvgIpc) is 2.59. The first-order valence-corrected chi connectivity index (χ1v) is 8.41. The molecule has 0 unspecified atom stereocenters. The number of halogens is 3. The molecule has 0 fully saturated rings. The van der Waals surface area contributed by atoms with Crippen LogP contribution in [0.2, 0.25) is 15.1 Å². The van der Waals surface area contributed by atoms with E-state index in [0.717, 1.165) is 0 Å². The van der Waals surface area contributed by atoms with Crippen molar-refractivity contribution in [1.29, 1.82) is 0 Å². The van der Waals surface area contributed by atoms with Crippen molar-refractivity contribution in [1.82, 2.24) is 0 Å². The van der Waals surface area contributed by atoms with E-state index in [1.807, 2.05) is 0 Å². The highest BCUT2D eigenvalue weighted by Crippen LogP contribution is 2.41. The van der Waals surface area contributed by atoms with Gasteiger partial charge in [0.1, 0.15) is 5.75 Å². The molecule has 132 valence electrons. The largest absolute Gasteiger partial charge is 0.452 e. The summed E-state index contributed by atoms with van der Waals surface area (Å²) in [5.41, 5.74) is -0.178. The Morgan fingerprint density at radius 2 is 1.35 bits per heavy atom. The molecule has 0 aliphatic heterocycles. The van der Waals surface area contributed by atoms with Gasteiger partial charge in [-0.3, -0.25) is 10.1 Å². The van der Waals surface area contributed by atoms with E-state index in [1.54, 1.807) is 36.4 Å². The van der Waals surface area contributed by atoms with Crippen LogP contribution in [0.4, 0.5) is 5.69 Å². The number of rotatable bonds is 5. The zero-order valence-electron chi connectivity index (χ0n) is 13.0. The number of nitro benzene ring substituents is 1. The number of benzene rings is 3. The molecule has 0 spiro atoms. The van der Waals surface area contributed by atoms with Gasteiger partial charge in [-0.15, -0.1) is 0 Å². The quantitative estimate of drug-likeness (QED) is 0.331. The Morgan fingerprint density at radius 1 is 0.731 bits per heavy atom. The number of hydrogen-bond donors (Lipinski definition) is 0. The van der Waals surface area contributed by atoms with E-state index in [0.29, 0.717) is 20.8 Å². The van der Waals surface area contributed by atoms with Crippen LogP contribution in [-0.4, -0.2) is 4.92 Å². The molecule has 0 atom stereocenters. The molecule has 0 aromatic heterocycles. The fourth-order valence-electron chi connectivity index (χ4n) is 2.14. The van der Waals surface area contributed by atoms with Crippen molar-refractivity contribution in [2.24, 2.45) is 0 Å². The Hall–Kier alpha value is -2.47. The van der Waals surface area contributed by atoms with E-state index in [2.05, 4.69) is 0 Å². The Kier molecular flexibility index (Phi) is 5.52. The number of nitro groups is 1. The standard InChI is InChI=1S/C18H10Cl3NO4/c19-11-5-7-15(13(21)9-11)25-17-8-6-12(20)10-18(17)26-16-4-2-1-3-14(16)22(23)24/h1-10H. The maximum absolute atomic E-state index is 11.2. The second-order valence-electron chi connectivity index (χ2n) is 5.09. The van der Waals surface area contributed by atoms with Crippen molar-refractivity contribution >= 4 is 40.5 Å². The minimum atomic E-state index is -0.531. The van der Waals surface area contributed by atoms with Crippen LogP contribution >= 0.6 is 34.8 Å². The minimum absolute atomic E-state index is 0.0619. The molecule has 3 aromatic rings. The van der Waals surface area contributed by atoms with Gasteiger partial charge in [-0.2, -0.15) is 0 Å². The summed E-state index contributed by atoms with van der Waals surface area (Å²) >= 11 is 18.0. The Bertz CT molecular complexity index is 978. The van der Waals surface area contributed by atoms with Crippen molar-refractivity contribution < 1.29 is 14.4 Å². The van der Waals surface area contributed by atoms with Crippen LogP contribution in [0, 0.1) is 10.1 Å². The molecule has 8 heteroatoms. The van der Waals surface area contributed by atoms with Gasteiger partial charge in [0, 0.05) is 22.2 Å². The number of ether oxygens (including phenoxy) is 2. The third kappa shape index (κ3) is 4.19. The Morgan fingerprint density at radius 3 is 2.04 bits per heavy atom. The van der Waals surface area contributed by atoms with Crippen LogP contribution in [0.15, 0.2) is 60.7 Å². The zero-order valence-corrected chi connectivity index (χ0v) is 15.3. The van der Waals surface area contributed by atoms with E-state index < -0.39 is 4.92 Å². The van der Waals surface area contributed by atoms with Gasteiger partial charge in [0.15, 0.2) is 11.5 Å². The summed E-state index contributed by atoms with van der Waals surface area (Å²) in [4.78, 5) is 10.6.